The molecule has 0 saturated carbocycles. The van der Waals surface area contributed by atoms with Crippen LogP contribution in [0.15, 0.2) is 72.9 Å². The van der Waals surface area contributed by atoms with Crippen molar-refractivity contribution in [1.82, 2.24) is 14.9 Å². The van der Waals surface area contributed by atoms with Crippen molar-refractivity contribution in [2.45, 2.75) is 39.8 Å². The SMILES string of the molecule is CCN(CC)c1ccc(-n2c(C)cc(C3C(c4ccccn4)NC(=S)N3c3ccc(OC)c(NC(=O)COC)c3)c2C)cc1. The van der Waals surface area contributed by atoms with Gasteiger partial charge in [0.25, 0.3) is 0 Å². The first-order valence-electron chi connectivity index (χ1n) is 14.8. The molecule has 2 aromatic heterocycles. The standard InChI is InChI=1S/C34H40N6O3S/c1-7-38(8-2)24-12-14-25(15-13-24)39-22(3)19-27(23(39)4)33-32(28-11-9-10-18-35-28)37-34(44)40(33)26-16-17-30(43-6)29(20-26)36-31(41)21-42-5/h9-20,32-33H,7-8,21H2,1-6H3,(H,36,41)(H,37,44). The lowest BCUT2D eigenvalue weighted by atomic mass is 9.96. The van der Waals surface area contributed by atoms with Gasteiger partial charge in [-0.2, -0.15) is 0 Å². The van der Waals surface area contributed by atoms with E-state index in [9.17, 15) is 4.79 Å². The Morgan fingerprint density at radius 3 is 2.39 bits per heavy atom. The Morgan fingerprint density at radius 2 is 1.75 bits per heavy atom. The molecule has 1 amide bonds. The number of hydrogen-bond donors (Lipinski definition) is 2. The second-order valence-electron chi connectivity index (χ2n) is 10.7. The molecular weight excluding hydrogens is 572 g/mol. The number of ether oxygens (including phenoxy) is 2. The molecular formula is C34H40N6O3S. The Balaban J connectivity index is 1.61. The lowest BCUT2D eigenvalue weighted by molar-refractivity contribution is -0.119. The summed E-state index contributed by atoms with van der Waals surface area (Å²) >= 11 is 5.99. The first kappa shape index (κ1) is 31.0. The smallest absolute Gasteiger partial charge is 0.250 e. The van der Waals surface area contributed by atoms with Crippen LogP contribution in [0.5, 0.6) is 5.75 Å². The minimum absolute atomic E-state index is 0.0661. The average molecular weight is 613 g/mol. The molecule has 0 radical (unpaired) electrons. The maximum atomic E-state index is 12.5. The largest absolute Gasteiger partial charge is 0.495 e. The third-order valence-corrected chi connectivity index (χ3v) is 8.45. The molecule has 9 nitrogen and oxygen atoms in total. The summed E-state index contributed by atoms with van der Waals surface area (Å²) in [5, 5.41) is 7.02. The number of nitrogens with zero attached hydrogens (tertiary/aromatic N) is 4. The number of anilines is 3. The molecule has 5 rings (SSSR count). The van der Waals surface area contributed by atoms with Gasteiger partial charge in [0.1, 0.15) is 12.4 Å². The first-order valence-corrected chi connectivity index (χ1v) is 15.2. The van der Waals surface area contributed by atoms with Crippen molar-refractivity contribution >= 4 is 40.3 Å². The Bertz CT molecular complexity index is 1620. The van der Waals surface area contributed by atoms with Gasteiger partial charge in [-0.05, 0) is 106 Å². The van der Waals surface area contributed by atoms with Gasteiger partial charge in [0, 0.05) is 54.8 Å². The molecule has 2 aromatic carbocycles. The fourth-order valence-corrected chi connectivity index (χ4v) is 6.44. The maximum absolute atomic E-state index is 12.5. The van der Waals surface area contributed by atoms with Gasteiger partial charge in [-0.3, -0.25) is 9.78 Å². The zero-order chi connectivity index (χ0) is 31.4. The summed E-state index contributed by atoms with van der Waals surface area (Å²) in [4.78, 5) is 21.6. The van der Waals surface area contributed by atoms with E-state index in [1.807, 2.05) is 36.4 Å². The number of carbonyl (C=O) groups excluding carboxylic acids is 1. The minimum atomic E-state index is -0.274. The van der Waals surface area contributed by atoms with Crippen LogP contribution in [0.4, 0.5) is 17.1 Å². The molecule has 1 aliphatic rings. The number of hydrogen-bond acceptors (Lipinski definition) is 6. The van der Waals surface area contributed by atoms with Gasteiger partial charge in [0.2, 0.25) is 5.91 Å². The predicted octanol–water partition coefficient (Wildman–Crippen LogP) is 6.11. The number of carbonyl (C=O) groups is 1. The lowest BCUT2D eigenvalue weighted by Gasteiger charge is -2.29. The second kappa shape index (κ2) is 13.5. The molecule has 44 heavy (non-hydrogen) atoms. The minimum Gasteiger partial charge on any atom is -0.495 e. The topological polar surface area (TPSA) is 83.9 Å². The summed E-state index contributed by atoms with van der Waals surface area (Å²) in [6.07, 6.45) is 1.80. The highest BCUT2D eigenvalue weighted by molar-refractivity contribution is 7.80. The maximum Gasteiger partial charge on any atom is 0.250 e. The summed E-state index contributed by atoms with van der Waals surface area (Å²) in [6, 6.07) is 22.2. The third-order valence-electron chi connectivity index (χ3n) is 8.13. The fraction of sp³-hybridized carbons (Fsp3) is 0.324. The van der Waals surface area contributed by atoms with Gasteiger partial charge >= 0.3 is 0 Å². The van der Waals surface area contributed by atoms with Gasteiger partial charge in [0.05, 0.1) is 30.6 Å². The highest BCUT2D eigenvalue weighted by Crippen LogP contribution is 2.45. The number of benzene rings is 2. The first-order chi connectivity index (χ1) is 21.3. The van der Waals surface area contributed by atoms with Crippen molar-refractivity contribution in [3.63, 3.8) is 0 Å². The van der Waals surface area contributed by atoms with Crippen molar-refractivity contribution in [3.8, 4) is 11.4 Å². The number of thiocarbonyl (C=S) groups is 1. The molecule has 2 unspecified atom stereocenters. The van der Waals surface area contributed by atoms with Crippen LogP contribution in [0, 0.1) is 13.8 Å². The number of pyridine rings is 1. The highest BCUT2D eigenvalue weighted by atomic mass is 32.1. The summed E-state index contributed by atoms with van der Waals surface area (Å²) in [7, 11) is 3.06. The molecule has 1 fully saturated rings. The van der Waals surface area contributed by atoms with Crippen molar-refractivity contribution in [1.29, 1.82) is 0 Å². The molecule has 1 aliphatic heterocycles. The van der Waals surface area contributed by atoms with Gasteiger partial charge in [-0.15, -0.1) is 0 Å². The molecule has 10 heteroatoms. The highest BCUT2D eigenvalue weighted by Gasteiger charge is 2.42. The molecule has 230 valence electrons. The van der Waals surface area contributed by atoms with Crippen LogP contribution in [0.3, 0.4) is 0 Å². The molecule has 2 atom stereocenters. The monoisotopic (exact) mass is 612 g/mol. The lowest BCUT2D eigenvalue weighted by Crippen LogP contribution is -2.29. The van der Waals surface area contributed by atoms with Crippen molar-refractivity contribution in [2.24, 2.45) is 0 Å². The third kappa shape index (κ3) is 6.00. The Morgan fingerprint density at radius 1 is 1.02 bits per heavy atom. The fourth-order valence-electron chi connectivity index (χ4n) is 6.10. The van der Waals surface area contributed by atoms with E-state index in [-0.39, 0.29) is 24.6 Å². The van der Waals surface area contributed by atoms with Crippen molar-refractivity contribution in [3.05, 3.63) is 95.6 Å². The quantitative estimate of drug-likeness (QED) is 0.197. The van der Waals surface area contributed by atoms with Gasteiger partial charge in [-0.25, -0.2) is 0 Å². The molecule has 1 saturated heterocycles. The predicted molar refractivity (Wildman–Crippen MR) is 180 cm³/mol. The van der Waals surface area contributed by atoms with Crippen LogP contribution < -0.4 is 25.2 Å². The van der Waals surface area contributed by atoms with E-state index in [0.717, 1.165) is 47.1 Å². The van der Waals surface area contributed by atoms with Crippen LogP contribution in [0.25, 0.3) is 5.69 Å². The average Bonchev–Trinajstić information content (AvgIpc) is 3.53. The number of rotatable bonds is 11. The van der Waals surface area contributed by atoms with Crippen LogP contribution >= 0.6 is 12.2 Å². The Kier molecular flexibility index (Phi) is 9.51. The summed E-state index contributed by atoms with van der Waals surface area (Å²) < 4.78 is 12.9. The number of aromatic nitrogens is 2. The van der Waals surface area contributed by atoms with E-state index in [2.05, 4.69) is 83.0 Å². The number of nitrogens with one attached hydrogen (secondary N) is 2. The van der Waals surface area contributed by atoms with Crippen molar-refractivity contribution in [2.75, 3.05) is 49.0 Å². The second-order valence-corrected chi connectivity index (χ2v) is 11.1. The number of aryl methyl sites for hydroxylation is 1. The summed E-state index contributed by atoms with van der Waals surface area (Å²) in [5.41, 5.74) is 7.90. The van der Waals surface area contributed by atoms with Crippen LogP contribution in [-0.4, -0.2) is 54.5 Å². The molecule has 0 bridgehead atoms. The zero-order valence-electron chi connectivity index (χ0n) is 26.1. The van der Waals surface area contributed by atoms with E-state index in [0.29, 0.717) is 16.5 Å². The summed E-state index contributed by atoms with van der Waals surface area (Å²) in [6.45, 7) is 10.5. The van der Waals surface area contributed by atoms with Crippen LogP contribution in [-0.2, 0) is 9.53 Å². The Hall–Kier alpha value is -4.41. The molecule has 4 aromatic rings. The van der Waals surface area contributed by atoms with E-state index in [1.165, 1.54) is 12.8 Å². The van der Waals surface area contributed by atoms with Crippen LogP contribution in [0.1, 0.15) is 48.6 Å². The molecule has 0 aliphatic carbocycles. The molecule has 3 heterocycles. The number of amides is 1. The Labute approximate surface area is 264 Å². The van der Waals surface area contributed by atoms with E-state index < -0.39 is 0 Å². The van der Waals surface area contributed by atoms with E-state index in [1.54, 1.807) is 13.3 Å². The normalized spacial score (nSPS) is 16.1. The van der Waals surface area contributed by atoms with Gasteiger partial charge < -0.3 is 34.5 Å². The molecule has 2 N–H and O–H groups in total. The van der Waals surface area contributed by atoms with Crippen LogP contribution in [0.2, 0.25) is 0 Å². The van der Waals surface area contributed by atoms with E-state index >= 15 is 0 Å². The van der Waals surface area contributed by atoms with Crippen molar-refractivity contribution < 1.29 is 14.3 Å². The summed E-state index contributed by atoms with van der Waals surface area (Å²) in [5.74, 6) is 0.268. The number of methoxy groups -OCH3 is 2. The van der Waals surface area contributed by atoms with E-state index in [4.69, 9.17) is 26.7 Å². The molecule has 0 spiro atoms. The zero-order valence-corrected chi connectivity index (χ0v) is 26.9. The van der Waals surface area contributed by atoms with Gasteiger partial charge in [0.15, 0.2) is 5.11 Å². The van der Waals surface area contributed by atoms with Gasteiger partial charge in [-0.1, -0.05) is 6.07 Å².